The highest BCUT2D eigenvalue weighted by atomic mass is 19.1. The number of benzene rings is 2. The zero-order valence-electron chi connectivity index (χ0n) is 12.5. The number of aldehydes is 1. The Bertz CT molecular complexity index is 855. The number of hydrogen-bond donors (Lipinski definition) is 0. The molecule has 0 amide bonds. The molecule has 1 aromatic heterocycles. The number of halogens is 1. The minimum atomic E-state index is -0.504. The van der Waals surface area contributed by atoms with E-state index in [2.05, 4.69) is 31.0 Å². The van der Waals surface area contributed by atoms with Crippen LogP contribution >= 0.6 is 0 Å². The van der Waals surface area contributed by atoms with Gasteiger partial charge in [0.05, 0.1) is 11.1 Å². The summed E-state index contributed by atoms with van der Waals surface area (Å²) in [5.41, 5.74) is 3.83. The molecule has 0 fully saturated rings. The zero-order valence-corrected chi connectivity index (χ0v) is 12.5. The number of carbonyl (C=O) groups is 1. The average molecular weight is 293 g/mol. The fourth-order valence-corrected chi connectivity index (χ4v) is 2.57. The van der Waals surface area contributed by atoms with Crippen LogP contribution in [0.25, 0.3) is 22.0 Å². The van der Waals surface area contributed by atoms with Gasteiger partial charge in [-0.1, -0.05) is 26.0 Å². The van der Waals surface area contributed by atoms with E-state index in [0.717, 1.165) is 22.0 Å². The van der Waals surface area contributed by atoms with Gasteiger partial charge in [-0.15, -0.1) is 0 Å². The molecule has 0 atom stereocenters. The molecule has 0 aliphatic carbocycles. The van der Waals surface area contributed by atoms with Gasteiger partial charge in [0.15, 0.2) is 6.29 Å². The lowest BCUT2D eigenvalue weighted by Gasteiger charge is -2.12. The van der Waals surface area contributed by atoms with Crippen LogP contribution in [0.3, 0.4) is 0 Å². The van der Waals surface area contributed by atoms with Gasteiger partial charge in [-0.05, 0) is 47.4 Å². The van der Waals surface area contributed by atoms with Crippen LogP contribution < -0.4 is 0 Å². The molecule has 110 valence electrons. The summed E-state index contributed by atoms with van der Waals surface area (Å²) in [5.74, 6) is -0.134. The second-order valence-corrected chi connectivity index (χ2v) is 5.65. The molecule has 0 spiro atoms. The quantitative estimate of drug-likeness (QED) is 0.638. The molecule has 0 radical (unpaired) electrons. The minimum Gasteiger partial charge on any atom is -0.298 e. The molecule has 3 aromatic rings. The first-order valence-corrected chi connectivity index (χ1v) is 7.24. The third-order valence-electron chi connectivity index (χ3n) is 3.83. The molecular weight excluding hydrogens is 277 g/mol. The van der Waals surface area contributed by atoms with Crippen LogP contribution in [-0.2, 0) is 0 Å². The van der Waals surface area contributed by atoms with E-state index in [1.807, 2.05) is 12.1 Å². The molecule has 0 bridgehead atoms. The summed E-state index contributed by atoms with van der Waals surface area (Å²) in [6.45, 7) is 4.26. The number of carbonyl (C=O) groups excluding carboxylic acids is 1. The molecule has 3 rings (SSSR count). The van der Waals surface area contributed by atoms with Crippen molar-refractivity contribution in [1.82, 2.24) is 4.98 Å². The maximum absolute atomic E-state index is 13.6. The van der Waals surface area contributed by atoms with Gasteiger partial charge in [0.2, 0.25) is 0 Å². The molecule has 0 unspecified atom stereocenters. The standard InChI is InChI=1S/C19H16FNO/c1-12(2)15-9-14-4-3-7-21-19(14)17(10-15)13-5-6-18(20)16(8-13)11-22/h3-12H,1-2H3. The lowest BCUT2D eigenvalue weighted by molar-refractivity contribution is 0.112. The normalized spacial score (nSPS) is 11.1. The summed E-state index contributed by atoms with van der Waals surface area (Å²) in [6, 6.07) is 12.7. The number of nitrogens with zero attached hydrogens (tertiary/aromatic N) is 1. The summed E-state index contributed by atoms with van der Waals surface area (Å²) < 4.78 is 13.6. The second kappa shape index (κ2) is 5.68. The Hall–Kier alpha value is -2.55. The third-order valence-corrected chi connectivity index (χ3v) is 3.83. The number of hydrogen-bond acceptors (Lipinski definition) is 2. The highest BCUT2D eigenvalue weighted by Gasteiger charge is 2.11. The first-order chi connectivity index (χ1) is 10.6. The third kappa shape index (κ3) is 2.50. The number of pyridine rings is 1. The van der Waals surface area contributed by atoms with Crippen LogP contribution in [0, 0.1) is 5.82 Å². The van der Waals surface area contributed by atoms with Crippen molar-refractivity contribution in [3.05, 3.63) is 65.6 Å². The summed E-state index contributed by atoms with van der Waals surface area (Å²) in [6.07, 6.45) is 2.28. The second-order valence-electron chi connectivity index (χ2n) is 5.65. The molecular formula is C19H16FNO. The van der Waals surface area contributed by atoms with Crippen LogP contribution in [-0.4, -0.2) is 11.3 Å². The monoisotopic (exact) mass is 293 g/mol. The van der Waals surface area contributed by atoms with Gasteiger partial charge in [-0.3, -0.25) is 9.78 Å². The van der Waals surface area contributed by atoms with Gasteiger partial charge in [-0.25, -0.2) is 4.39 Å². The number of fused-ring (bicyclic) bond motifs is 1. The van der Waals surface area contributed by atoms with Gasteiger partial charge < -0.3 is 0 Å². The predicted molar refractivity (Wildman–Crippen MR) is 86.6 cm³/mol. The Morgan fingerprint density at radius 3 is 2.68 bits per heavy atom. The smallest absolute Gasteiger partial charge is 0.153 e. The molecule has 0 aliphatic heterocycles. The molecule has 0 saturated heterocycles. The van der Waals surface area contributed by atoms with Crippen molar-refractivity contribution in [3.63, 3.8) is 0 Å². The SMILES string of the molecule is CC(C)c1cc(-c2ccc(F)c(C=O)c2)c2ncccc2c1. The Morgan fingerprint density at radius 1 is 1.14 bits per heavy atom. The highest BCUT2D eigenvalue weighted by Crippen LogP contribution is 2.32. The summed E-state index contributed by atoms with van der Waals surface area (Å²) >= 11 is 0. The molecule has 1 heterocycles. The largest absolute Gasteiger partial charge is 0.298 e. The van der Waals surface area contributed by atoms with Crippen molar-refractivity contribution < 1.29 is 9.18 Å². The van der Waals surface area contributed by atoms with Crippen molar-refractivity contribution in [3.8, 4) is 11.1 Å². The Morgan fingerprint density at radius 2 is 1.95 bits per heavy atom. The Kier molecular flexibility index (Phi) is 3.72. The van der Waals surface area contributed by atoms with Gasteiger partial charge in [0.1, 0.15) is 5.82 Å². The van der Waals surface area contributed by atoms with Crippen molar-refractivity contribution in [2.45, 2.75) is 19.8 Å². The van der Waals surface area contributed by atoms with Gasteiger partial charge in [-0.2, -0.15) is 0 Å². The van der Waals surface area contributed by atoms with Gasteiger partial charge in [0.25, 0.3) is 0 Å². The van der Waals surface area contributed by atoms with E-state index in [-0.39, 0.29) is 5.56 Å². The van der Waals surface area contributed by atoms with E-state index in [4.69, 9.17) is 0 Å². The molecule has 2 nitrogen and oxygen atoms in total. The Balaban J connectivity index is 2.31. The lowest BCUT2D eigenvalue weighted by atomic mass is 9.93. The van der Waals surface area contributed by atoms with Crippen molar-refractivity contribution >= 4 is 17.2 Å². The number of aromatic nitrogens is 1. The van der Waals surface area contributed by atoms with Crippen LogP contribution in [0.4, 0.5) is 4.39 Å². The molecule has 0 aliphatic rings. The minimum absolute atomic E-state index is 0.0662. The molecule has 3 heteroatoms. The van der Waals surface area contributed by atoms with E-state index in [0.29, 0.717) is 12.2 Å². The maximum atomic E-state index is 13.6. The van der Waals surface area contributed by atoms with Crippen molar-refractivity contribution in [2.75, 3.05) is 0 Å². The average Bonchev–Trinajstić information content (AvgIpc) is 2.54. The van der Waals surface area contributed by atoms with Gasteiger partial charge in [0, 0.05) is 17.1 Å². The fourth-order valence-electron chi connectivity index (χ4n) is 2.57. The first-order valence-electron chi connectivity index (χ1n) is 7.24. The predicted octanol–water partition coefficient (Wildman–Crippen LogP) is 4.98. The summed E-state index contributed by atoms with van der Waals surface area (Å²) in [7, 11) is 0. The topological polar surface area (TPSA) is 30.0 Å². The number of rotatable bonds is 3. The first kappa shape index (κ1) is 14.4. The van der Waals surface area contributed by atoms with E-state index < -0.39 is 5.82 Å². The van der Waals surface area contributed by atoms with Gasteiger partial charge >= 0.3 is 0 Å². The highest BCUT2D eigenvalue weighted by molar-refractivity contribution is 5.95. The maximum Gasteiger partial charge on any atom is 0.153 e. The fraction of sp³-hybridized carbons (Fsp3) is 0.158. The molecule has 22 heavy (non-hydrogen) atoms. The van der Waals surface area contributed by atoms with E-state index >= 15 is 0 Å². The molecule has 0 saturated carbocycles. The van der Waals surface area contributed by atoms with E-state index in [1.165, 1.54) is 11.6 Å². The zero-order chi connectivity index (χ0) is 15.7. The summed E-state index contributed by atoms with van der Waals surface area (Å²) in [4.78, 5) is 15.4. The summed E-state index contributed by atoms with van der Waals surface area (Å²) in [5, 5.41) is 1.04. The van der Waals surface area contributed by atoms with E-state index in [9.17, 15) is 9.18 Å². The van der Waals surface area contributed by atoms with Crippen LogP contribution in [0.1, 0.15) is 35.7 Å². The van der Waals surface area contributed by atoms with Crippen LogP contribution in [0.2, 0.25) is 0 Å². The van der Waals surface area contributed by atoms with Crippen molar-refractivity contribution in [2.24, 2.45) is 0 Å². The van der Waals surface area contributed by atoms with Crippen molar-refractivity contribution in [1.29, 1.82) is 0 Å². The lowest BCUT2D eigenvalue weighted by Crippen LogP contribution is -1.94. The molecule has 2 aromatic carbocycles. The van der Waals surface area contributed by atoms with E-state index in [1.54, 1.807) is 18.3 Å². The van der Waals surface area contributed by atoms with Crippen LogP contribution in [0.15, 0.2) is 48.7 Å². The van der Waals surface area contributed by atoms with Crippen LogP contribution in [0.5, 0.6) is 0 Å². The Labute approximate surface area is 128 Å². The molecule has 0 N–H and O–H groups in total.